The fourth-order valence-corrected chi connectivity index (χ4v) is 9.88. The number of fused-ring (bicyclic) bond motifs is 8. The summed E-state index contributed by atoms with van der Waals surface area (Å²) in [5.41, 5.74) is 8.88. The number of hydrogen-bond donors (Lipinski definition) is 0. The number of halogens is 1. The monoisotopic (exact) mass is 488 g/mol. The molecule has 0 saturated heterocycles. The molecule has 3 heterocycles. The zero-order valence-electron chi connectivity index (χ0n) is 21.2. The largest absolute Gasteiger partial charge is 0.455 e. The fraction of sp³-hybridized carbons (Fsp3) is 0.156. The van der Waals surface area contributed by atoms with Crippen LogP contribution < -0.4 is 14.9 Å². The summed E-state index contributed by atoms with van der Waals surface area (Å²) in [6.45, 7) is 9.15. The molecule has 0 saturated carbocycles. The second kappa shape index (κ2) is 7.14. The first-order chi connectivity index (χ1) is 17.3. The van der Waals surface area contributed by atoms with Gasteiger partial charge in [0.15, 0.2) is 6.20 Å². The Kier molecular flexibility index (Phi) is 4.27. The smallest absolute Gasteiger partial charge is 0.224 e. The van der Waals surface area contributed by atoms with Crippen LogP contribution in [0, 0.1) is 19.7 Å². The number of hydrogen-bond acceptors (Lipinski definition) is 1. The molecule has 0 unspecified atom stereocenters. The molecule has 0 aliphatic carbocycles. The van der Waals surface area contributed by atoms with Gasteiger partial charge in [0.1, 0.15) is 32.1 Å². The number of para-hydroxylation sites is 1. The molecule has 0 fully saturated rings. The van der Waals surface area contributed by atoms with E-state index in [0.717, 1.165) is 38.8 Å². The average Bonchev–Trinajstić information content (AvgIpc) is 3.32. The van der Waals surface area contributed by atoms with Gasteiger partial charge in [-0.25, -0.2) is 8.96 Å². The Hall–Kier alpha value is -3.76. The van der Waals surface area contributed by atoms with Crippen LogP contribution in [0.1, 0.15) is 11.1 Å². The third-order valence-electron chi connectivity index (χ3n) is 8.31. The average molecular weight is 489 g/mol. The van der Waals surface area contributed by atoms with Gasteiger partial charge in [-0.15, -0.1) is 0 Å². The zero-order valence-corrected chi connectivity index (χ0v) is 22.2. The lowest BCUT2D eigenvalue weighted by atomic mass is 9.93. The number of pyridine rings is 1. The predicted octanol–water partition coefficient (Wildman–Crippen LogP) is 6.79. The molecule has 0 atom stereocenters. The van der Waals surface area contributed by atoms with Crippen LogP contribution in [0.3, 0.4) is 0 Å². The van der Waals surface area contributed by atoms with Crippen LogP contribution >= 0.6 is 0 Å². The standard InChI is InChI=1S/C32H27FNOSi/c1-18-16-26-21-8-6-7-9-27(21)35-31(26)29(19(18)2)30-22-11-12-23-25-17-20(33)10-13-28(25)36(4,5)32(23)24(22)14-15-34(30)3/h6-17H,1-5H3/q+1. The number of aromatic nitrogens is 1. The van der Waals surface area contributed by atoms with E-state index in [1.54, 1.807) is 12.1 Å². The van der Waals surface area contributed by atoms with Crippen molar-refractivity contribution in [1.29, 1.82) is 0 Å². The topological polar surface area (TPSA) is 17.0 Å². The first-order valence-electron chi connectivity index (χ1n) is 12.5. The summed E-state index contributed by atoms with van der Waals surface area (Å²) in [5.74, 6) is -0.172. The van der Waals surface area contributed by atoms with Crippen molar-refractivity contribution in [2.45, 2.75) is 26.9 Å². The first kappa shape index (κ1) is 21.5. The van der Waals surface area contributed by atoms with Crippen LogP contribution in [0.25, 0.3) is 55.1 Å². The molecule has 0 amide bonds. The minimum absolute atomic E-state index is 0.172. The summed E-state index contributed by atoms with van der Waals surface area (Å²) in [5, 5.41) is 7.48. The van der Waals surface area contributed by atoms with E-state index < -0.39 is 8.07 Å². The summed E-state index contributed by atoms with van der Waals surface area (Å²) >= 11 is 0. The third kappa shape index (κ3) is 2.68. The molecule has 0 bridgehead atoms. The van der Waals surface area contributed by atoms with Crippen LogP contribution in [-0.4, -0.2) is 8.07 Å². The normalized spacial score (nSPS) is 14.1. The van der Waals surface area contributed by atoms with Gasteiger partial charge in [0.2, 0.25) is 5.69 Å². The number of rotatable bonds is 1. The summed E-state index contributed by atoms with van der Waals surface area (Å²) in [4.78, 5) is 0. The van der Waals surface area contributed by atoms with E-state index in [2.05, 4.69) is 81.2 Å². The van der Waals surface area contributed by atoms with Gasteiger partial charge in [-0.1, -0.05) is 43.4 Å². The number of benzene rings is 4. The van der Waals surface area contributed by atoms with Crippen LogP contribution in [0.2, 0.25) is 13.1 Å². The second-order valence-corrected chi connectivity index (χ2v) is 15.0. The molecule has 0 N–H and O–H groups in total. The lowest BCUT2D eigenvalue weighted by molar-refractivity contribution is -0.659. The van der Waals surface area contributed by atoms with E-state index in [1.807, 2.05) is 18.2 Å². The van der Waals surface area contributed by atoms with Gasteiger partial charge in [0.05, 0.1) is 10.9 Å². The summed E-state index contributed by atoms with van der Waals surface area (Å²) in [6.07, 6.45) is 2.17. The van der Waals surface area contributed by atoms with E-state index in [9.17, 15) is 4.39 Å². The molecule has 2 aromatic heterocycles. The SMILES string of the molecule is Cc1cc2c(oc3ccccc32)c(-c2c3ccc4c(c3cc[n+]2C)[Si](C)(C)c2ccc(F)cc2-4)c1C. The van der Waals surface area contributed by atoms with Crippen LogP contribution in [0.5, 0.6) is 0 Å². The Labute approximate surface area is 210 Å². The van der Waals surface area contributed by atoms with Gasteiger partial charge >= 0.3 is 0 Å². The van der Waals surface area contributed by atoms with E-state index in [1.165, 1.54) is 37.8 Å². The van der Waals surface area contributed by atoms with Gasteiger partial charge in [0.25, 0.3) is 0 Å². The molecule has 1 aliphatic rings. The van der Waals surface area contributed by atoms with Crippen molar-refractivity contribution >= 4 is 51.2 Å². The molecule has 176 valence electrons. The van der Waals surface area contributed by atoms with Crippen molar-refractivity contribution in [1.82, 2.24) is 0 Å². The Balaban J connectivity index is 1.62. The van der Waals surface area contributed by atoms with Crippen molar-refractivity contribution in [2.75, 3.05) is 0 Å². The Morgan fingerprint density at radius 1 is 0.806 bits per heavy atom. The van der Waals surface area contributed by atoms with Crippen molar-refractivity contribution in [2.24, 2.45) is 7.05 Å². The highest BCUT2D eigenvalue weighted by molar-refractivity contribution is 7.05. The maximum Gasteiger partial charge on any atom is 0.224 e. The minimum Gasteiger partial charge on any atom is -0.455 e. The molecular weight excluding hydrogens is 461 g/mol. The van der Waals surface area contributed by atoms with Crippen molar-refractivity contribution in [3.8, 4) is 22.4 Å². The van der Waals surface area contributed by atoms with Gasteiger partial charge in [-0.05, 0) is 82.2 Å². The molecule has 4 heteroatoms. The van der Waals surface area contributed by atoms with Gasteiger partial charge in [-0.2, -0.15) is 0 Å². The summed E-state index contributed by atoms with van der Waals surface area (Å²) in [7, 11) is 0.102. The Morgan fingerprint density at radius 3 is 2.44 bits per heavy atom. The van der Waals surface area contributed by atoms with Crippen molar-refractivity contribution < 1.29 is 13.4 Å². The molecule has 1 aliphatic heterocycles. The highest BCUT2D eigenvalue weighted by Gasteiger charge is 2.40. The van der Waals surface area contributed by atoms with Crippen LogP contribution in [-0.2, 0) is 7.05 Å². The molecule has 0 radical (unpaired) electrons. The third-order valence-corrected chi connectivity index (χ3v) is 11.9. The van der Waals surface area contributed by atoms with Gasteiger partial charge in [-0.3, -0.25) is 0 Å². The number of aryl methyl sites for hydroxylation is 2. The van der Waals surface area contributed by atoms with Crippen LogP contribution in [0.15, 0.2) is 77.3 Å². The highest BCUT2D eigenvalue weighted by Crippen LogP contribution is 2.41. The lowest BCUT2D eigenvalue weighted by Gasteiger charge is -2.21. The molecule has 4 aromatic carbocycles. The maximum absolute atomic E-state index is 14.3. The van der Waals surface area contributed by atoms with Crippen molar-refractivity contribution in [3.63, 3.8) is 0 Å². The molecule has 7 rings (SSSR count). The van der Waals surface area contributed by atoms with Crippen LogP contribution in [0.4, 0.5) is 4.39 Å². The van der Waals surface area contributed by atoms with E-state index in [-0.39, 0.29) is 5.82 Å². The van der Waals surface area contributed by atoms with Crippen molar-refractivity contribution in [3.05, 3.63) is 89.9 Å². The molecule has 0 spiro atoms. The lowest BCUT2D eigenvalue weighted by Crippen LogP contribution is -2.49. The van der Waals surface area contributed by atoms with E-state index in [4.69, 9.17) is 4.42 Å². The fourth-order valence-electron chi connectivity index (χ4n) is 6.45. The quantitative estimate of drug-likeness (QED) is 0.184. The maximum atomic E-state index is 14.3. The Bertz CT molecular complexity index is 1910. The second-order valence-electron chi connectivity index (χ2n) is 10.7. The summed E-state index contributed by atoms with van der Waals surface area (Å²) < 4.78 is 23.0. The Morgan fingerprint density at radius 2 is 1.61 bits per heavy atom. The molecular formula is C32H27FNOSi+. The first-order valence-corrected chi connectivity index (χ1v) is 15.5. The van der Waals surface area contributed by atoms with E-state index >= 15 is 0 Å². The minimum atomic E-state index is -2.01. The van der Waals surface area contributed by atoms with Gasteiger partial charge < -0.3 is 4.42 Å². The molecule has 2 nitrogen and oxygen atoms in total. The molecule has 6 aromatic rings. The molecule has 36 heavy (non-hydrogen) atoms. The van der Waals surface area contributed by atoms with E-state index in [0.29, 0.717) is 0 Å². The number of furan rings is 1. The highest BCUT2D eigenvalue weighted by atomic mass is 28.3. The zero-order chi connectivity index (χ0) is 24.9. The number of nitrogens with zero attached hydrogens (tertiary/aromatic N) is 1. The predicted molar refractivity (Wildman–Crippen MR) is 149 cm³/mol. The van der Waals surface area contributed by atoms with Gasteiger partial charge in [0, 0.05) is 16.8 Å². The summed E-state index contributed by atoms with van der Waals surface area (Å²) in [6, 6.07) is 22.6.